The molecule has 0 spiro atoms. The van der Waals surface area contributed by atoms with E-state index in [1.54, 1.807) is 6.08 Å². The van der Waals surface area contributed by atoms with Crippen molar-refractivity contribution in [1.82, 2.24) is 5.32 Å². The molecule has 0 aliphatic heterocycles. The minimum atomic E-state index is -0.380. The van der Waals surface area contributed by atoms with E-state index in [2.05, 4.69) is 45.5 Å². The first kappa shape index (κ1) is 20.6. The monoisotopic (exact) mass is 448 g/mol. The van der Waals surface area contributed by atoms with Gasteiger partial charge in [-0.25, -0.2) is 0 Å². The first-order valence-corrected chi connectivity index (χ1v) is 10.1. The first-order chi connectivity index (χ1) is 14.0. The number of fused-ring (bicyclic) bond motifs is 1. The maximum absolute atomic E-state index is 12.1. The van der Waals surface area contributed by atoms with Gasteiger partial charge in [0.15, 0.2) is 0 Å². The fraction of sp³-hybridized carbons (Fsp3) is 0.167. The molecular weight excluding hydrogens is 428 g/mol. The SMILES string of the molecule is CC(C)NC(=O)/C(C#N)=C\c1ccc(OCc2cccc3ccccc23)c(Br)c1. The molecule has 3 rings (SSSR count). The zero-order valence-corrected chi connectivity index (χ0v) is 17.9. The zero-order chi connectivity index (χ0) is 20.8. The number of carbonyl (C=O) groups excluding carboxylic acids is 1. The van der Waals surface area contributed by atoms with Crippen LogP contribution >= 0.6 is 15.9 Å². The topological polar surface area (TPSA) is 62.1 Å². The summed E-state index contributed by atoms with van der Waals surface area (Å²) in [5, 5.41) is 14.3. The van der Waals surface area contributed by atoms with Gasteiger partial charge in [0.2, 0.25) is 0 Å². The van der Waals surface area contributed by atoms with Crippen LogP contribution in [0.15, 0.2) is 70.7 Å². The van der Waals surface area contributed by atoms with Crippen LogP contribution in [0.3, 0.4) is 0 Å². The summed E-state index contributed by atoms with van der Waals surface area (Å²) in [6.45, 7) is 4.15. The van der Waals surface area contributed by atoms with E-state index in [0.29, 0.717) is 12.4 Å². The molecule has 4 nitrogen and oxygen atoms in total. The molecular formula is C24H21BrN2O2. The van der Waals surface area contributed by atoms with E-state index in [-0.39, 0.29) is 17.5 Å². The van der Waals surface area contributed by atoms with Crippen LogP contribution in [0.25, 0.3) is 16.8 Å². The van der Waals surface area contributed by atoms with Crippen molar-refractivity contribution in [2.75, 3.05) is 0 Å². The van der Waals surface area contributed by atoms with Crippen LogP contribution < -0.4 is 10.1 Å². The van der Waals surface area contributed by atoms with Crippen molar-refractivity contribution in [3.8, 4) is 11.8 Å². The molecule has 0 saturated heterocycles. The average molecular weight is 449 g/mol. The van der Waals surface area contributed by atoms with Crippen LogP contribution in [0.4, 0.5) is 0 Å². The second kappa shape index (κ2) is 9.40. The van der Waals surface area contributed by atoms with Crippen LogP contribution in [0, 0.1) is 11.3 Å². The fourth-order valence-electron chi connectivity index (χ4n) is 2.95. The molecule has 0 aliphatic rings. The van der Waals surface area contributed by atoms with E-state index < -0.39 is 0 Å². The van der Waals surface area contributed by atoms with Gasteiger partial charge in [-0.3, -0.25) is 4.79 Å². The van der Waals surface area contributed by atoms with Crippen molar-refractivity contribution in [3.05, 3.63) is 81.8 Å². The molecule has 0 radical (unpaired) electrons. The van der Waals surface area contributed by atoms with Gasteiger partial charge in [0.05, 0.1) is 4.47 Å². The number of hydrogen-bond acceptors (Lipinski definition) is 3. The smallest absolute Gasteiger partial charge is 0.262 e. The molecule has 0 heterocycles. The van der Waals surface area contributed by atoms with E-state index in [1.807, 2.05) is 56.3 Å². The molecule has 5 heteroatoms. The van der Waals surface area contributed by atoms with Crippen LogP contribution in [0.5, 0.6) is 5.75 Å². The van der Waals surface area contributed by atoms with E-state index >= 15 is 0 Å². The molecule has 0 fully saturated rings. The molecule has 0 aromatic heterocycles. The lowest BCUT2D eigenvalue weighted by molar-refractivity contribution is -0.117. The highest BCUT2D eigenvalue weighted by Gasteiger charge is 2.11. The second-order valence-electron chi connectivity index (χ2n) is 6.91. The molecule has 1 N–H and O–H groups in total. The summed E-state index contributed by atoms with van der Waals surface area (Å²) in [6, 6.07) is 21.8. The highest BCUT2D eigenvalue weighted by atomic mass is 79.9. The van der Waals surface area contributed by atoms with E-state index in [0.717, 1.165) is 15.6 Å². The summed E-state index contributed by atoms with van der Waals surface area (Å²) in [4.78, 5) is 12.1. The summed E-state index contributed by atoms with van der Waals surface area (Å²) < 4.78 is 6.76. The van der Waals surface area contributed by atoms with Crippen molar-refractivity contribution >= 4 is 38.7 Å². The number of carbonyl (C=O) groups is 1. The van der Waals surface area contributed by atoms with Crippen molar-refractivity contribution in [3.63, 3.8) is 0 Å². The quantitative estimate of drug-likeness (QED) is 0.393. The third-order valence-electron chi connectivity index (χ3n) is 4.31. The van der Waals surface area contributed by atoms with Gasteiger partial charge < -0.3 is 10.1 Å². The Morgan fingerprint density at radius 3 is 2.66 bits per heavy atom. The molecule has 1 amide bonds. The third-order valence-corrected chi connectivity index (χ3v) is 4.93. The number of rotatable bonds is 6. The van der Waals surface area contributed by atoms with Gasteiger partial charge in [-0.05, 0) is 69.9 Å². The van der Waals surface area contributed by atoms with Crippen LogP contribution in [-0.4, -0.2) is 11.9 Å². The minimum Gasteiger partial charge on any atom is -0.488 e. The molecule has 0 saturated carbocycles. The van der Waals surface area contributed by atoms with Crippen LogP contribution in [0.1, 0.15) is 25.0 Å². The lowest BCUT2D eigenvalue weighted by Gasteiger charge is -2.11. The second-order valence-corrected chi connectivity index (χ2v) is 7.77. The summed E-state index contributed by atoms with van der Waals surface area (Å²) >= 11 is 3.52. The van der Waals surface area contributed by atoms with Crippen LogP contribution in [0.2, 0.25) is 0 Å². The number of nitrogens with zero attached hydrogens (tertiary/aromatic N) is 1. The molecule has 3 aromatic rings. The predicted molar refractivity (Wildman–Crippen MR) is 119 cm³/mol. The highest BCUT2D eigenvalue weighted by molar-refractivity contribution is 9.10. The van der Waals surface area contributed by atoms with Gasteiger partial charge in [0.25, 0.3) is 5.91 Å². The first-order valence-electron chi connectivity index (χ1n) is 9.29. The van der Waals surface area contributed by atoms with Gasteiger partial charge in [-0.15, -0.1) is 0 Å². The Bertz CT molecular complexity index is 1110. The molecule has 0 unspecified atom stereocenters. The van der Waals surface area contributed by atoms with E-state index in [1.165, 1.54) is 10.8 Å². The predicted octanol–water partition coefficient (Wildman–Crippen LogP) is 5.61. The molecule has 3 aromatic carbocycles. The maximum atomic E-state index is 12.1. The van der Waals surface area contributed by atoms with Crippen molar-refractivity contribution < 1.29 is 9.53 Å². The van der Waals surface area contributed by atoms with Crippen molar-refractivity contribution in [2.24, 2.45) is 0 Å². The van der Waals surface area contributed by atoms with Gasteiger partial charge in [-0.2, -0.15) is 5.26 Å². The number of nitriles is 1. The average Bonchev–Trinajstić information content (AvgIpc) is 2.70. The molecule has 146 valence electrons. The number of amides is 1. The Kier molecular flexibility index (Phi) is 6.69. The Labute approximate surface area is 178 Å². The highest BCUT2D eigenvalue weighted by Crippen LogP contribution is 2.29. The molecule has 0 aliphatic carbocycles. The molecule has 0 bridgehead atoms. The van der Waals surface area contributed by atoms with E-state index in [9.17, 15) is 10.1 Å². The number of hydrogen-bond donors (Lipinski definition) is 1. The number of ether oxygens (including phenoxy) is 1. The van der Waals surface area contributed by atoms with E-state index in [4.69, 9.17) is 4.74 Å². The largest absolute Gasteiger partial charge is 0.488 e. The number of halogens is 1. The lowest BCUT2D eigenvalue weighted by Crippen LogP contribution is -2.30. The van der Waals surface area contributed by atoms with Gasteiger partial charge in [0, 0.05) is 6.04 Å². The maximum Gasteiger partial charge on any atom is 0.262 e. The normalized spacial score (nSPS) is 11.3. The standard InChI is InChI=1S/C24H21BrN2O2/c1-16(2)27-24(28)20(14-26)12-17-10-11-23(22(25)13-17)29-15-19-8-5-7-18-6-3-4-9-21(18)19/h3-13,16H,15H2,1-2H3,(H,27,28)/b20-12-. The Morgan fingerprint density at radius 1 is 1.17 bits per heavy atom. The number of nitrogens with one attached hydrogen (secondary N) is 1. The van der Waals surface area contributed by atoms with Gasteiger partial charge in [0.1, 0.15) is 24.0 Å². The zero-order valence-electron chi connectivity index (χ0n) is 16.3. The van der Waals surface area contributed by atoms with Gasteiger partial charge >= 0.3 is 0 Å². The Morgan fingerprint density at radius 2 is 1.93 bits per heavy atom. The number of benzene rings is 3. The van der Waals surface area contributed by atoms with Crippen LogP contribution in [-0.2, 0) is 11.4 Å². The third kappa shape index (κ3) is 5.24. The minimum absolute atomic E-state index is 0.0316. The summed E-state index contributed by atoms with van der Waals surface area (Å²) in [5.74, 6) is 0.315. The summed E-state index contributed by atoms with van der Waals surface area (Å²) in [7, 11) is 0. The summed E-state index contributed by atoms with van der Waals surface area (Å²) in [5.41, 5.74) is 1.91. The van der Waals surface area contributed by atoms with Gasteiger partial charge in [-0.1, -0.05) is 48.5 Å². The van der Waals surface area contributed by atoms with Crippen molar-refractivity contribution in [2.45, 2.75) is 26.5 Å². The summed E-state index contributed by atoms with van der Waals surface area (Å²) in [6.07, 6.45) is 1.57. The Hall–Kier alpha value is -3.10. The Balaban J connectivity index is 1.77. The lowest BCUT2D eigenvalue weighted by atomic mass is 10.1. The molecule has 29 heavy (non-hydrogen) atoms. The fourth-order valence-corrected chi connectivity index (χ4v) is 3.46. The molecule has 0 atom stereocenters. The van der Waals surface area contributed by atoms with Crippen molar-refractivity contribution in [1.29, 1.82) is 5.26 Å².